The minimum absolute atomic E-state index is 0.454. The van der Waals surface area contributed by atoms with Gasteiger partial charge in [-0.1, -0.05) is 31.6 Å². The fraction of sp³-hybridized carbons (Fsp3) is 0.154. The van der Waals surface area contributed by atoms with Crippen LogP contribution in [0.2, 0.25) is 0 Å². The van der Waals surface area contributed by atoms with Gasteiger partial charge >= 0.3 is 0 Å². The molecule has 0 fully saturated rings. The highest BCUT2D eigenvalue weighted by Gasteiger charge is 2.06. The van der Waals surface area contributed by atoms with Crippen LogP contribution in [-0.4, -0.2) is 6.67 Å². The Hall–Kier alpha value is -1.55. The third-order valence-corrected chi connectivity index (χ3v) is 2.05. The molecule has 0 nitrogen and oxygen atoms in total. The van der Waals surface area contributed by atoms with Crippen LogP contribution in [-0.2, 0) is 0 Å². The maximum Gasteiger partial charge on any atom is 0.0997 e. The van der Waals surface area contributed by atoms with Crippen LogP contribution in [0.1, 0.15) is 23.6 Å². The first-order chi connectivity index (χ1) is 6.71. The van der Waals surface area contributed by atoms with E-state index in [9.17, 15) is 4.39 Å². The van der Waals surface area contributed by atoms with Gasteiger partial charge in [-0.2, -0.15) is 0 Å². The van der Waals surface area contributed by atoms with Gasteiger partial charge in [0.25, 0.3) is 0 Å². The van der Waals surface area contributed by atoms with Gasteiger partial charge < -0.3 is 0 Å². The molecule has 0 saturated carbocycles. The van der Waals surface area contributed by atoms with Gasteiger partial charge in [-0.25, -0.2) is 0 Å². The standard InChI is InChI=1S/C13H12F/c1-4-11-6-12(5-2)8-13(7-11)10(3)9-14/h1,5-8H,2,9H2,3H3. The van der Waals surface area contributed by atoms with Crippen molar-refractivity contribution in [2.24, 2.45) is 0 Å². The van der Waals surface area contributed by atoms with Crippen LogP contribution < -0.4 is 0 Å². The van der Waals surface area contributed by atoms with Crippen molar-refractivity contribution >= 4 is 6.08 Å². The zero-order valence-electron chi connectivity index (χ0n) is 8.18. The van der Waals surface area contributed by atoms with Crippen molar-refractivity contribution in [3.63, 3.8) is 0 Å². The monoisotopic (exact) mass is 187 g/mol. The number of rotatable bonds is 3. The highest BCUT2D eigenvalue weighted by molar-refractivity contribution is 5.55. The van der Waals surface area contributed by atoms with Crippen molar-refractivity contribution in [1.82, 2.24) is 0 Å². The lowest BCUT2D eigenvalue weighted by molar-refractivity contribution is 0.516. The van der Waals surface area contributed by atoms with E-state index in [-0.39, 0.29) is 0 Å². The Labute approximate surface area is 84.5 Å². The fourth-order valence-electron chi connectivity index (χ4n) is 1.18. The average molecular weight is 187 g/mol. The molecule has 0 N–H and O–H groups in total. The second kappa shape index (κ2) is 4.62. The third kappa shape index (κ3) is 2.23. The van der Waals surface area contributed by atoms with Crippen molar-refractivity contribution in [2.45, 2.75) is 6.92 Å². The molecule has 0 atom stereocenters. The molecule has 0 unspecified atom stereocenters. The zero-order valence-corrected chi connectivity index (χ0v) is 8.18. The lowest BCUT2D eigenvalue weighted by Crippen LogP contribution is -1.97. The molecule has 1 radical (unpaired) electrons. The topological polar surface area (TPSA) is 0 Å². The lowest BCUT2D eigenvalue weighted by atomic mass is 9.97. The van der Waals surface area contributed by atoms with Gasteiger partial charge in [-0.15, -0.1) is 6.42 Å². The van der Waals surface area contributed by atoms with E-state index in [1.807, 2.05) is 18.2 Å². The zero-order chi connectivity index (χ0) is 10.6. The SMILES string of the molecule is C#Cc1cc(C=C)cc([C](C)CF)c1. The summed E-state index contributed by atoms with van der Waals surface area (Å²) in [6.45, 7) is 4.96. The molecule has 0 aliphatic heterocycles. The Balaban J connectivity index is 3.18. The van der Waals surface area contributed by atoms with Crippen LogP contribution in [0.25, 0.3) is 6.08 Å². The van der Waals surface area contributed by atoms with Crippen molar-refractivity contribution in [3.8, 4) is 12.3 Å². The Morgan fingerprint density at radius 1 is 1.57 bits per heavy atom. The normalized spacial score (nSPS) is 9.86. The van der Waals surface area contributed by atoms with Gasteiger partial charge in [-0.05, 0) is 23.3 Å². The third-order valence-electron chi connectivity index (χ3n) is 2.05. The number of alkyl halides is 1. The minimum Gasteiger partial charge on any atom is -0.250 e. The first-order valence-electron chi connectivity index (χ1n) is 4.34. The van der Waals surface area contributed by atoms with Gasteiger partial charge in [0, 0.05) is 11.5 Å². The minimum atomic E-state index is -0.454. The molecule has 0 saturated heterocycles. The maximum atomic E-state index is 12.4. The summed E-state index contributed by atoms with van der Waals surface area (Å²) in [4.78, 5) is 0. The van der Waals surface area contributed by atoms with Crippen molar-refractivity contribution in [1.29, 1.82) is 0 Å². The second-order valence-corrected chi connectivity index (χ2v) is 3.11. The number of hydrogen-bond donors (Lipinski definition) is 0. The summed E-state index contributed by atoms with van der Waals surface area (Å²) in [6.07, 6.45) is 7.00. The summed E-state index contributed by atoms with van der Waals surface area (Å²) in [6, 6.07) is 5.53. The van der Waals surface area contributed by atoms with Crippen LogP contribution in [0.5, 0.6) is 0 Å². The van der Waals surface area contributed by atoms with Gasteiger partial charge in [0.15, 0.2) is 0 Å². The number of terminal acetylenes is 1. The van der Waals surface area contributed by atoms with E-state index in [1.165, 1.54) is 0 Å². The van der Waals surface area contributed by atoms with Crippen LogP contribution >= 0.6 is 0 Å². The van der Waals surface area contributed by atoms with Gasteiger partial charge in [0.2, 0.25) is 0 Å². The predicted molar refractivity (Wildman–Crippen MR) is 58.5 cm³/mol. The predicted octanol–water partition coefficient (Wildman–Crippen LogP) is 3.22. The molecule has 14 heavy (non-hydrogen) atoms. The maximum absolute atomic E-state index is 12.4. The number of benzene rings is 1. The molecule has 71 valence electrons. The summed E-state index contributed by atoms with van der Waals surface area (Å²) in [5.74, 6) is 3.22. The molecule has 0 bridgehead atoms. The largest absolute Gasteiger partial charge is 0.250 e. The molecule has 1 aromatic carbocycles. The average Bonchev–Trinajstić information content (AvgIpc) is 2.27. The summed E-state index contributed by atoms with van der Waals surface area (Å²) in [5, 5.41) is 0. The molecule has 1 heteroatoms. The van der Waals surface area contributed by atoms with Crippen molar-refractivity contribution in [2.75, 3.05) is 6.67 Å². The molecule has 0 amide bonds. The Kier molecular flexibility index (Phi) is 3.48. The van der Waals surface area contributed by atoms with E-state index in [2.05, 4.69) is 12.5 Å². The second-order valence-electron chi connectivity index (χ2n) is 3.11. The van der Waals surface area contributed by atoms with Crippen molar-refractivity contribution in [3.05, 3.63) is 47.4 Å². The van der Waals surface area contributed by atoms with Crippen molar-refractivity contribution < 1.29 is 4.39 Å². The Morgan fingerprint density at radius 2 is 2.29 bits per heavy atom. The Bertz CT molecular complexity index is 371. The summed E-state index contributed by atoms with van der Waals surface area (Å²) >= 11 is 0. The molecular weight excluding hydrogens is 175 g/mol. The molecule has 0 heterocycles. The summed E-state index contributed by atoms with van der Waals surface area (Å²) < 4.78 is 12.4. The van der Waals surface area contributed by atoms with Gasteiger partial charge in [0.1, 0.15) is 0 Å². The summed E-state index contributed by atoms with van der Waals surface area (Å²) in [7, 11) is 0. The van der Waals surface area contributed by atoms with E-state index in [0.29, 0.717) is 5.92 Å². The van der Waals surface area contributed by atoms with Crippen LogP contribution in [0.3, 0.4) is 0 Å². The van der Waals surface area contributed by atoms with Crippen LogP contribution in [0.4, 0.5) is 4.39 Å². The molecule has 1 rings (SSSR count). The number of halogens is 1. The lowest BCUT2D eigenvalue weighted by Gasteiger charge is -2.08. The quantitative estimate of drug-likeness (QED) is 0.637. The van der Waals surface area contributed by atoms with E-state index in [4.69, 9.17) is 6.42 Å². The van der Waals surface area contributed by atoms with Crippen LogP contribution in [0, 0.1) is 18.3 Å². The van der Waals surface area contributed by atoms with Gasteiger partial charge in [-0.3, -0.25) is 4.39 Å². The molecule has 0 spiro atoms. The Morgan fingerprint density at radius 3 is 2.79 bits per heavy atom. The first-order valence-corrected chi connectivity index (χ1v) is 4.34. The van der Waals surface area contributed by atoms with E-state index >= 15 is 0 Å². The van der Waals surface area contributed by atoms with E-state index in [0.717, 1.165) is 16.7 Å². The highest BCUT2D eigenvalue weighted by atomic mass is 19.1. The van der Waals surface area contributed by atoms with Crippen LogP contribution in [0.15, 0.2) is 24.8 Å². The molecule has 0 aliphatic rings. The molecule has 1 aromatic rings. The molecule has 0 aliphatic carbocycles. The smallest absolute Gasteiger partial charge is 0.0997 e. The number of hydrogen-bond acceptors (Lipinski definition) is 0. The fourth-order valence-corrected chi connectivity index (χ4v) is 1.18. The highest BCUT2D eigenvalue weighted by Crippen LogP contribution is 2.19. The summed E-state index contributed by atoms with van der Waals surface area (Å²) in [5.41, 5.74) is 2.52. The first kappa shape index (κ1) is 10.5. The van der Waals surface area contributed by atoms with Gasteiger partial charge in [0.05, 0.1) is 6.67 Å². The molecular formula is C13H12F. The molecule has 0 aromatic heterocycles. The van der Waals surface area contributed by atoms with E-state index in [1.54, 1.807) is 13.0 Å². The van der Waals surface area contributed by atoms with E-state index < -0.39 is 6.67 Å².